The van der Waals surface area contributed by atoms with Gasteiger partial charge in [-0.25, -0.2) is 0 Å². The first-order chi connectivity index (χ1) is 17.1. The minimum absolute atomic E-state index is 0.0481. The number of aryl methyl sites for hydroxylation is 2. The Morgan fingerprint density at radius 3 is 2.08 bits per heavy atom. The Morgan fingerprint density at radius 1 is 1.08 bits per heavy atom. The van der Waals surface area contributed by atoms with Crippen LogP contribution in [0.5, 0.6) is 0 Å². The second kappa shape index (κ2) is 20.9. The molecule has 3 nitrogen and oxygen atoms in total. The van der Waals surface area contributed by atoms with Crippen molar-refractivity contribution in [2.24, 2.45) is 5.92 Å². The van der Waals surface area contributed by atoms with Gasteiger partial charge in [0.25, 0.3) is 0 Å². The van der Waals surface area contributed by atoms with Crippen LogP contribution in [0.3, 0.4) is 0 Å². The van der Waals surface area contributed by atoms with E-state index in [0.717, 1.165) is 43.3 Å². The molecule has 0 amide bonds. The molecule has 1 aromatic rings. The van der Waals surface area contributed by atoms with Gasteiger partial charge in [0.1, 0.15) is 5.76 Å². The van der Waals surface area contributed by atoms with Gasteiger partial charge in [-0.3, -0.25) is 0 Å². The average Bonchev–Trinajstić information content (AvgIpc) is 2.85. The van der Waals surface area contributed by atoms with Crippen LogP contribution in [-0.4, -0.2) is 29.0 Å². The Labute approximate surface area is 226 Å². The summed E-state index contributed by atoms with van der Waals surface area (Å²) in [5.74, 6) is 0.368. The van der Waals surface area contributed by atoms with Gasteiger partial charge in [-0.05, 0) is 91.2 Å². The minimum Gasteiger partial charge on any atom is -0.508 e. The van der Waals surface area contributed by atoms with E-state index in [1.807, 2.05) is 32.1 Å². The van der Waals surface area contributed by atoms with Gasteiger partial charge in [-0.15, -0.1) is 12.6 Å². The fourth-order valence-corrected chi connectivity index (χ4v) is 3.67. The number of hydrogen-bond acceptors (Lipinski definition) is 4. The van der Waals surface area contributed by atoms with Gasteiger partial charge in [0.2, 0.25) is 0 Å². The van der Waals surface area contributed by atoms with Crippen molar-refractivity contribution in [1.82, 2.24) is 0 Å². The topological polar surface area (TPSA) is 60.7 Å². The number of benzene rings is 1. The number of allylic oxidation sites excluding steroid dienone is 8. The average molecular weight is 515 g/mol. The van der Waals surface area contributed by atoms with Gasteiger partial charge in [-0.2, -0.15) is 0 Å². The van der Waals surface area contributed by atoms with Gasteiger partial charge >= 0.3 is 0 Å². The molecule has 0 saturated heterocycles. The first-order valence-corrected chi connectivity index (χ1v) is 13.1. The molecule has 0 radical (unpaired) electrons. The highest BCUT2D eigenvalue weighted by molar-refractivity contribution is 7.84. The third kappa shape index (κ3) is 13.2. The lowest BCUT2D eigenvalue weighted by Crippen LogP contribution is -2.05. The minimum atomic E-state index is 0.0481. The zero-order valence-electron chi connectivity index (χ0n) is 23.9. The fourth-order valence-electron chi connectivity index (χ4n) is 3.49. The molecule has 0 fully saturated rings. The zero-order chi connectivity index (χ0) is 28.3. The van der Waals surface area contributed by atoms with E-state index in [2.05, 4.69) is 72.1 Å². The second-order valence-corrected chi connectivity index (χ2v) is 9.11. The van der Waals surface area contributed by atoms with Crippen molar-refractivity contribution < 1.29 is 15.3 Å². The zero-order valence-corrected chi connectivity index (χ0v) is 24.8. The number of thiol groups is 1. The maximum Gasteiger partial charge on any atom is 0.115 e. The van der Waals surface area contributed by atoms with Crippen molar-refractivity contribution in [2.45, 2.75) is 74.1 Å². The summed E-state index contributed by atoms with van der Waals surface area (Å²) in [6.07, 6.45) is 13.9. The molecule has 202 valence electrons. The van der Waals surface area contributed by atoms with Crippen LogP contribution in [0.15, 0.2) is 77.5 Å². The van der Waals surface area contributed by atoms with Crippen molar-refractivity contribution in [2.75, 3.05) is 13.7 Å². The highest BCUT2D eigenvalue weighted by Gasteiger charge is 2.15. The first kappa shape index (κ1) is 35.9. The highest BCUT2D eigenvalue weighted by Crippen LogP contribution is 2.31. The number of hydrogen-bond donors (Lipinski definition) is 4. The Balaban J connectivity index is 0. The first-order valence-electron chi connectivity index (χ1n) is 12.7. The summed E-state index contributed by atoms with van der Waals surface area (Å²) >= 11 is 4.70. The normalized spacial score (nSPS) is 12.9. The van der Waals surface area contributed by atoms with E-state index in [0.29, 0.717) is 18.1 Å². The van der Waals surface area contributed by atoms with Crippen molar-refractivity contribution in [3.63, 3.8) is 0 Å². The summed E-state index contributed by atoms with van der Waals surface area (Å²) in [5, 5.41) is 24.9. The molecule has 0 bridgehead atoms. The maximum absolute atomic E-state index is 9.85. The highest BCUT2D eigenvalue weighted by atomic mass is 32.1. The smallest absolute Gasteiger partial charge is 0.115 e. The lowest BCUT2D eigenvalue weighted by Gasteiger charge is -2.19. The molecule has 1 aromatic carbocycles. The molecule has 0 saturated carbocycles. The van der Waals surface area contributed by atoms with E-state index in [4.69, 9.17) is 22.8 Å². The van der Waals surface area contributed by atoms with E-state index < -0.39 is 0 Å². The molecule has 0 aromatic heterocycles. The maximum atomic E-state index is 9.85. The van der Waals surface area contributed by atoms with Gasteiger partial charge in [0, 0.05) is 19.3 Å². The van der Waals surface area contributed by atoms with Crippen molar-refractivity contribution in [3.05, 3.63) is 99.7 Å². The van der Waals surface area contributed by atoms with E-state index in [9.17, 15) is 5.11 Å². The predicted molar refractivity (Wildman–Crippen MR) is 164 cm³/mol. The summed E-state index contributed by atoms with van der Waals surface area (Å²) in [6, 6.07) is 4.57. The Morgan fingerprint density at radius 2 is 1.67 bits per heavy atom. The quantitative estimate of drug-likeness (QED) is 0.136. The largest absolute Gasteiger partial charge is 0.508 e. The predicted octanol–water partition coefficient (Wildman–Crippen LogP) is 8.63. The summed E-state index contributed by atoms with van der Waals surface area (Å²) in [4.78, 5) is 1.08. The summed E-state index contributed by atoms with van der Waals surface area (Å²) in [5.41, 5.74) is 7.79. The monoisotopic (exact) mass is 514 g/mol. The van der Waals surface area contributed by atoms with E-state index in [1.54, 1.807) is 0 Å². The third-order valence-corrected chi connectivity index (χ3v) is 6.33. The van der Waals surface area contributed by atoms with Crippen LogP contribution in [0.4, 0.5) is 0 Å². The van der Waals surface area contributed by atoms with Crippen LogP contribution in [0.2, 0.25) is 0 Å². The lowest BCUT2D eigenvalue weighted by molar-refractivity contribution is 0.287. The molecule has 1 unspecified atom stereocenters. The molecule has 4 heteroatoms. The van der Waals surface area contributed by atoms with E-state index in [1.165, 1.54) is 27.8 Å². The summed E-state index contributed by atoms with van der Waals surface area (Å²) in [6.45, 7) is 22.8. The molecule has 1 rings (SSSR count). The Hall–Kier alpha value is -2.27. The Bertz CT molecular complexity index is 931. The van der Waals surface area contributed by atoms with Gasteiger partial charge in [-0.1, -0.05) is 82.9 Å². The molecular formula is C32H50O3S. The number of rotatable bonds is 11. The van der Waals surface area contributed by atoms with E-state index >= 15 is 0 Å². The van der Waals surface area contributed by atoms with Gasteiger partial charge < -0.3 is 15.3 Å². The molecule has 0 aliphatic rings. The summed E-state index contributed by atoms with van der Waals surface area (Å²) < 4.78 is 0. The summed E-state index contributed by atoms with van der Waals surface area (Å²) in [7, 11) is 1.00. The van der Waals surface area contributed by atoms with Gasteiger partial charge in [0.05, 0.1) is 0 Å². The van der Waals surface area contributed by atoms with Crippen molar-refractivity contribution in [1.29, 1.82) is 0 Å². The molecule has 1 atom stereocenters. The number of unbranched alkanes of at least 4 members (excludes halogenated alkanes) is 1. The van der Waals surface area contributed by atoms with Crippen LogP contribution in [0.1, 0.15) is 76.1 Å². The van der Waals surface area contributed by atoms with E-state index in [-0.39, 0.29) is 5.76 Å². The molecular weight excluding hydrogens is 464 g/mol. The second-order valence-electron chi connectivity index (χ2n) is 8.59. The fraction of sp³-hybridized carbons (Fsp3) is 0.438. The lowest BCUT2D eigenvalue weighted by atomic mass is 9.87. The van der Waals surface area contributed by atoms with Crippen LogP contribution in [-0.2, 0) is 6.42 Å². The molecule has 0 aliphatic heterocycles. The Kier molecular flexibility index (Phi) is 20.8. The van der Waals surface area contributed by atoms with Crippen molar-refractivity contribution >= 4 is 18.2 Å². The van der Waals surface area contributed by atoms with Crippen LogP contribution >= 0.6 is 12.6 Å². The van der Waals surface area contributed by atoms with Crippen molar-refractivity contribution in [3.8, 4) is 0 Å². The molecule has 36 heavy (non-hydrogen) atoms. The van der Waals surface area contributed by atoms with Crippen LogP contribution in [0, 0.1) is 19.8 Å². The molecule has 3 N–H and O–H groups in total. The SMILES string of the molecule is C=C(O)/C(=C/C)C(=C)/C=C(\CC)c1cc(C)c(C)cc1CC(C)/C(S)=C/C=C\C.CCCCO.CO. The standard InChI is InChI=1S/C27H36OS.C4H10O.CH4O/c1-9-12-13-27(29)21(7)16-24-14-18(4)19(5)17-26(24)23(10-2)15-20(6)25(11-3)22(8)28;1-2-3-4-5;1-2/h9,11-15,17,21,28-29H,6,8,10,16H2,1-5,7H3;5H,2-4H2,1H3;2H,1H3/b12-9-,23-15+,25-11+,27-13-;;. The molecule has 0 aliphatic carbocycles. The van der Waals surface area contributed by atoms with Crippen LogP contribution < -0.4 is 0 Å². The van der Waals surface area contributed by atoms with Crippen LogP contribution in [0.25, 0.3) is 5.57 Å². The molecule has 0 spiro atoms. The van der Waals surface area contributed by atoms with Gasteiger partial charge in [0.15, 0.2) is 0 Å². The number of aliphatic hydroxyl groups excluding tert-OH is 3. The molecule has 0 heterocycles. The third-order valence-electron chi connectivity index (χ3n) is 5.74. The number of aliphatic hydroxyl groups is 3.